The van der Waals surface area contributed by atoms with Gasteiger partial charge in [0.25, 0.3) is 0 Å². The Morgan fingerprint density at radius 3 is 2.37 bits per heavy atom. The third-order valence-electron chi connectivity index (χ3n) is 5.77. The Balaban J connectivity index is 0.000000493. The van der Waals surface area contributed by atoms with Crippen LogP contribution in [0.25, 0.3) is 0 Å². The zero-order valence-electron chi connectivity index (χ0n) is 21.4. The zero-order chi connectivity index (χ0) is 27.1. The molecule has 1 amide bonds. The number of anilines is 1. The van der Waals surface area contributed by atoms with E-state index in [4.69, 9.17) is 14.9 Å². The summed E-state index contributed by atoms with van der Waals surface area (Å²) in [5.41, 5.74) is 3.42. The lowest BCUT2D eigenvalue weighted by molar-refractivity contribution is -0.134. The number of fused-ring (bicyclic) bond motifs is 3. The molecular formula is C27H32FN3O7. The second-order valence-corrected chi connectivity index (χ2v) is 9.13. The average Bonchev–Trinajstić information content (AvgIpc) is 2.82. The minimum Gasteiger partial charge on any atom is -0.489 e. The molecule has 1 aliphatic carbocycles. The first-order chi connectivity index (χ1) is 17.5. The van der Waals surface area contributed by atoms with Gasteiger partial charge in [0.05, 0.1) is 11.4 Å². The van der Waals surface area contributed by atoms with Gasteiger partial charge in [-0.15, -0.1) is 0 Å². The van der Waals surface area contributed by atoms with Crippen LogP contribution in [0.4, 0.5) is 10.1 Å². The summed E-state index contributed by atoms with van der Waals surface area (Å²) in [6.45, 7) is 2.84. The highest BCUT2D eigenvalue weighted by Crippen LogP contribution is 2.34. The van der Waals surface area contributed by atoms with Gasteiger partial charge in [0.15, 0.2) is 0 Å². The predicted molar refractivity (Wildman–Crippen MR) is 140 cm³/mol. The second-order valence-electron chi connectivity index (χ2n) is 9.13. The number of halogens is 1. The number of rotatable bonds is 7. The molecule has 0 spiro atoms. The van der Waals surface area contributed by atoms with E-state index < -0.39 is 11.9 Å². The molecule has 11 heteroatoms. The topological polar surface area (TPSA) is 151 Å². The molecular weight excluding hydrogens is 497 g/mol. The van der Waals surface area contributed by atoms with Gasteiger partial charge in [0.2, 0.25) is 5.91 Å². The molecule has 4 N–H and O–H groups in total. The van der Waals surface area contributed by atoms with E-state index in [-0.39, 0.29) is 29.2 Å². The van der Waals surface area contributed by atoms with Crippen LogP contribution in [0.2, 0.25) is 0 Å². The van der Waals surface area contributed by atoms with Crippen LogP contribution in [0.3, 0.4) is 0 Å². The number of carboxylic acid groups (broad SMARTS) is 2. The standard InChI is InChI=1S/C23H26FN3O2.C4H4O4.H2O/c1-15(14-26(2)3)29-20-10-8-19(9-11-20)27-22(28)12-17-5-4-16-6-7-18(24)13-21(16)23(17)25-27;5-3(6)1-2-4(7)8;/h6-11,13,15,17H,4-5,12,14H2,1-3H3;1-2H,(H,5,6)(H,7,8);1H2/b;2-1+;. The third kappa shape index (κ3) is 8.22. The summed E-state index contributed by atoms with van der Waals surface area (Å²) in [6.07, 6.45) is 3.29. The number of carbonyl (C=O) groups excluding carboxylic acids is 1. The summed E-state index contributed by atoms with van der Waals surface area (Å²) in [7, 11) is 4.01. The van der Waals surface area contributed by atoms with E-state index >= 15 is 0 Å². The van der Waals surface area contributed by atoms with Crippen LogP contribution in [0.5, 0.6) is 5.75 Å². The van der Waals surface area contributed by atoms with Gasteiger partial charge in [0.1, 0.15) is 17.7 Å². The summed E-state index contributed by atoms with van der Waals surface area (Å²) in [5, 5.41) is 21.7. The minimum atomic E-state index is -1.26. The number of hydrogen-bond acceptors (Lipinski definition) is 6. The largest absolute Gasteiger partial charge is 0.489 e. The number of hydrazone groups is 1. The first-order valence-electron chi connectivity index (χ1n) is 11.8. The van der Waals surface area contributed by atoms with Gasteiger partial charge in [-0.2, -0.15) is 5.10 Å². The van der Waals surface area contributed by atoms with E-state index in [9.17, 15) is 18.8 Å². The van der Waals surface area contributed by atoms with Gasteiger partial charge >= 0.3 is 11.9 Å². The van der Waals surface area contributed by atoms with Crippen molar-refractivity contribution in [1.29, 1.82) is 0 Å². The first kappa shape index (κ1) is 30.1. The Morgan fingerprint density at radius 2 is 1.79 bits per heavy atom. The molecule has 38 heavy (non-hydrogen) atoms. The number of likely N-dealkylation sites (N-methyl/N-ethyl adjacent to an activating group) is 1. The summed E-state index contributed by atoms with van der Waals surface area (Å²) in [4.78, 5) is 33.9. The number of nitrogens with zero attached hydrogens (tertiary/aromatic N) is 3. The summed E-state index contributed by atoms with van der Waals surface area (Å²) >= 11 is 0. The van der Waals surface area contributed by atoms with Gasteiger partial charge in [-0.3, -0.25) is 4.79 Å². The normalized spacial score (nSPS) is 16.9. The lowest BCUT2D eigenvalue weighted by Crippen LogP contribution is -2.39. The molecule has 0 aromatic heterocycles. The van der Waals surface area contributed by atoms with Crippen LogP contribution >= 0.6 is 0 Å². The van der Waals surface area contributed by atoms with Crippen LogP contribution in [-0.2, 0) is 20.8 Å². The quantitative estimate of drug-likeness (QED) is 0.523. The molecule has 0 saturated carbocycles. The highest BCUT2D eigenvalue weighted by molar-refractivity contribution is 6.11. The van der Waals surface area contributed by atoms with Gasteiger partial charge < -0.3 is 25.3 Å². The molecule has 2 aliphatic rings. The number of aliphatic carboxylic acids is 2. The fraction of sp³-hybridized carbons (Fsp3) is 0.333. The SMILES string of the molecule is CC(CN(C)C)Oc1ccc(N2N=C3c4cc(F)ccc4CCC3CC2=O)cc1.O.O=C(O)/C=C/C(=O)O. The Labute approximate surface area is 219 Å². The molecule has 1 aliphatic heterocycles. The van der Waals surface area contributed by atoms with E-state index in [1.807, 2.05) is 51.4 Å². The third-order valence-corrected chi connectivity index (χ3v) is 5.77. The Morgan fingerprint density at radius 1 is 1.16 bits per heavy atom. The fourth-order valence-corrected chi connectivity index (χ4v) is 4.28. The van der Waals surface area contributed by atoms with Crippen LogP contribution in [0.1, 0.15) is 30.9 Å². The van der Waals surface area contributed by atoms with Crippen molar-refractivity contribution in [3.8, 4) is 5.75 Å². The molecule has 2 unspecified atom stereocenters. The van der Waals surface area contributed by atoms with E-state index in [1.165, 1.54) is 17.1 Å². The maximum absolute atomic E-state index is 13.8. The van der Waals surface area contributed by atoms with Crippen molar-refractivity contribution in [3.05, 3.63) is 71.6 Å². The molecule has 0 fully saturated rings. The molecule has 0 radical (unpaired) electrons. The number of ether oxygens (including phenoxy) is 1. The number of carboxylic acids is 2. The molecule has 1 heterocycles. The molecule has 0 saturated heterocycles. The maximum Gasteiger partial charge on any atom is 0.328 e. The smallest absolute Gasteiger partial charge is 0.328 e. The number of amides is 1. The summed E-state index contributed by atoms with van der Waals surface area (Å²) in [6, 6.07) is 12.2. The predicted octanol–water partition coefficient (Wildman–Crippen LogP) is 2.75. The summed E-state index contributed by atoms with van der Waals surface area (Å²) < 4.78 is 19.7. The zero-order valence-corrected chi connectivity index (χ0v) is 21.4. The van der Waals surface area contributed by atoms with Crippen molar-refractivity contribution < 1.29 is 39.2 Å². The Kier molecular flexibility index (Phi) is 10.7. The van der Waals surface area contributed by atoms with Crippen molar-refractivity contribution in [1.82, 2.24) is 4.90 Å². The molecule has 4 rings (SSSR count). The summed E-state index contributed by atoms with van der Waals surface area (Å²) in [5.74, 6) is -2.01. The number of benzene rings is 2. The Bertz CT molecular complexity index is 1200. The van der Waals surface area contributed by atoms with Gasteiger partial charge in [-0.25, -0.2) is 19.0 Å². The van der Waals surface area contributed by atoms with Crippen molar-refractivity contribution in [3.63, 3.8) is 0 Å². The lowest BCUT2D eigenvalue weighted by atomic mass is 9.79. The molecule has 2 aromatic rings. The fourth-order valence-electron chi connectivity index (χ4n) is 4.28. The van der Waals surface area contributed by atoms with Gasteiger partial charge in [-0.05, 0) is 75.8 Å². The maximum atomic E-state index is 13.8. The number of carbonyl (C=O) groups is 3. The van der Waals surface area contributed by atoms with Crippen LogP contribution in [-0.4, -0.2) is 70.9 Å². The molecule has 0 bridgehead atoms. The van der Waals surface area contributed by atoms with E-state index in [0.29, 0.717) is 24.3 Å². The van der Waals surface area contributed by atoms with Gasteiger partial charge in [-0.1, -0.05) is 6.07 Å². The van der Waals surface area contributed by atoms with Crippen molar-refractivity contribution in [2.45, 2.75) is 32.3 Å². The van der Waals surface area contributed by atoms with Crippen LogP contribution in [0, 0.1) is 11.7 Å². The van der Waals surface area contributed by atoms with E-state index in [2.05, 4.69) is 10.0 Å². The minimum absolute atomic E-state index is 0. The van der Waals surface area contributed by atoms with Gasteiger partial charge in [0, 0.05) is 36.6 Å². The van der Waals surface area contributed by atoms with Crippen molar-refractivity contribution in [2.75, 3.05) is 25.6 Å². The first-order valence-corrected chi connectivity index (χ1v) is 11.8. The Hall–Kier alpha value is -4.09. The molecule has 2 aromatic carbocycles. The average molecular weight is 530 g/mol. The molecule has 10 nitrogen and oxygen atoms in total. The van der Waals surface area contributed by atoms with Crippen LogP contribution in [0.15, 0.2) is 59.7 Å². The molecule has 204 valence electrons. The van der Waals surface area contributed by atoms with Crippen LogP contribution < -0.4 is 9.75 Å². The highest BCUT2D eigenvalue weighted by Gasteiger charge is 2.34. The van der Waals surface area contributed by atoms with E-state index in [0.717, 1.165) is 42.0 Å². The monoisotopic (exact) mass is 529 g/mol. The van der Waals surface area contributed by atoms with Crippen molar-refractivity contribution >= 4 is 29.2 Å². The number of aryl methyl sites for hydroxylation is 1. The highest BCUT2D eigenvalue weighted by atomic mass is 19.1. The molecule has 2 atom stereocenters. The van der Waals surface area contributed by atoms with E-state index in [1.54, 1.807) is 0 Å². The van der Waals surface area contributed by atoms with Crippen molar-refractivity contribution in [2.24, 2.45) is 11.0 Å². The number of hydrogen-bond donors (Lipinski definition) is 2. The lowest BCUT2D eigenvalue weighted by Gasteiger charge is -2.33. The second kappa shape index (κ2) is 13.5.